The summed E-state index contributed by atoms with van der Waals surface area (Å²) in [5.41, 5.74) is 4.39. The maximum Gasteiger partial charge on any atom is 0.257 e. The number of methoxy groups -OCH3 is 1. The molecule has 0 unspecified atom stereocenters. The van der Waals surface area contributed by atoms with Gasteiger partial charge in [0, 0.05) is 49.0 Å². The third-order valence-corrected chi connectivity index (χ3v) is 7.26. The number of aromatic nitrogens is 2. The molecule has 0 saturated carbocycles. The minimum absolute atomic E-state index is 0.0591. The molecule has 2 aromatic heterocycles. The number of fused-ring (bicyclic) bond motifs is 1. The Balaban J connectivity index is 1.19. The lowest BCUT2D eigenvalue weighted by Crippen LogP contribution is -2.50. The lowest BCUT2D eigenvalue weighted by atomic mass is 10.0. The minimum atomic E-state index is -0.123. The van der Waals surface area contributed by atoms with Crippen LogP contribution in [0.4, 0.5) is 11.5 Å². The summed E-state index contributed by atoms with van der Waals surface area (Å²) in [6.07, 6.45) is 1.65. The topological polar surface area (TPSA) is 87.7 Å². The number of hydrogen-bond acceptors (Lipinski definition) is 6. The molecule has 0 radical (unpaired) electrons. The van der Waals surface area contributed by atoms with Crippen LogP contribution in [0.2, 0.25) is 0 Å². The summed E-state index contributed by atoms with van der Waals surface area (Å²) in [6.45, 7) is 1.72. The highest BCUT2D eigenvalue weighted by atomic mass is 16.5. The second-order valence-corrected chi connectivity index (χ2v) is 9.78. The Morgan fingerprint density at radius 2 is 1.41 bits per heavy atom. The largest absolute Gasteiger partial charge is 0.497 e. The van der Waals surface area contributed by atoms with Crippen molar-refractivity contribution in [2.75, 3.05) is 38.6 Å². The summed E-state index contributed by atoms with van der Waals surface area (Å²) >= 11 is 0. The van der Waals surface area contributed by atoms with Crippen molar-refractivity contribution in [1.29, 1.82) is 0 Å². The van der Waals surface area contributed by atoms with Gasteiger partial charge in [0.05, 0.1) is 29.4 Å². The van der Waals surface area contributed by atoms with Crippen molar-refractivity contribution in [3.8, 4) is 17.0 Å². The van der Waals surface area contributed by atoms with E-state index in [0.29, 0.717) is 43.1 Å². The van der Waals surface area contributed by atoms with Crippen LogP contribution in [-0.2, 0) is 0 Å². The van der Waals surface area contributed by atoms with Gasteiger partial charge in [-0.3, -0.25) is 9.59 Å². The van der Waals surface area contributed by atoms with Crippen LogP contribution in [0.15, 0.2) is 103 Å². The molecule has 41 heavy (non-hydrogen) atoms. The number of pyridine rings is 2. The van der Waals surface area contributed by atoms with Crippen LogP contribution >= 0.6 is 0 Å². The molecule has 204 valence electrons. The number of para-hydroxylation sites is 1. The van der Waals surface area contributed by atoms with Gasteiger partial charge in [-0.1, -0.05) is 48.5 Å². The second-order valence-electron chi connectivity index (χ2n) is 9.78. The maximum atomic E-state index is 13.8. The summed E-state index contributed by atoms with van der Waals surface area (Å²) < 4.78 is 5.23. The highest BCUT2D eigenvalue weighted by Gasteiger charge is 2.28. The Hall–Kier alpha value is -5.24. The SMILES string of the molecule is COc1ccc(Nc2ncccc2C(=O)N2CCN(C(=O)c3cc(-c4ccccc4)nc4ccccc34)CC2)cc1. The number of anilines is 2. The number of nitrogens with zero attached hydrogens (tertiary/aromatic N) is 4. The highest BCUT2D eigenvalue weighted by molar-refractivity contribution is 6.07. The van der Waals surface area contributed by atoms with Crippen molar-refractivity contribution in [2.24, 2.45) is 0 Å². The van der Waals surface area contributed by atoms with Crippen molar-refractivity contribution in [1.82, 2.24) is 19.8 Å². The fraction of sp³-hybridized carbons (Fsp3) is 0.152. The van der Waals surface area contributed by atoms with Gasteiger partial charge < -0.3 is 19.9 Å². The average Bonchev–Trinajstić information content (AvgIpc) is 3.04. The van der Waals surface area contributed by atoms with Gasteiger partial charge in [0.2, 0.25) is 0 Å². The maximum absolute atomic E-state index is 13.8. The van der Waals surface area contributed by atoms with Gasteiger partial charge in [0.25, 0.3) is 11.8 Å². The van der Waals surface area contributed by atoms with Crippen molar-refractivity contribution in [3.05, 3.63) is 114 Å². The highest BCUT2D eigenvalue weighted by Crippen LogP contribution is 2.27. The summed E-state index contributed by atoms with van der Waals surface area (Å²) in [7, 11) is 1.62. The molecule has 3 heterocycles. The summed E-state index contributed by atoms with van der Waals surface area (Å²) in [5.74, 6) is 1.05. The Morgan fingerprint density at radius 1 is 0.756 bits per heavy atom. The molecule has 1 aliphatic rings. The van der Waals surface area contributed by atoms with Crippen LogP contribution in [0, 0.1) is 0 Å². The summed E-state index contributed by atoms with van der Waals surface area (Å²) in [4.78, 5) is 40.2. The van der Waals surface area contributed by atoms with Crippen LogP contribution in [0.1, 0.15) is 20.7 Å². The van der Waals surface area contributed by atoms with Crippen molar-refractivity contribution in [3.63, 3.8) is 0 Å². The van der Waals surface area contributed by atoms with Gasteiger partial charge in [0.15, 0.2) is 0 Å². The van der Waals surface area contributed by atoms with Gasteiger partial charge >= 0.3 is 0 Å². The zero-order valence-electron chi connectivity index (χ0n) is 22.7. The summed E-state index contributed by atoms with van der Waals surface area (Å²) in [5, 5.41) is 4.06. The first kappa shape index (κ1) is 26.0. The van der Waals surface area contributed by atoms with E-state index < -0.39 is 0 Å². The number of carbonyl (C=O) groups is 2. The molecule has 6 rings (SSSR count). The van der Waals surface area contributed by atoms with Crippen molar-refractivity contribution in [2.45, 2.75) is 0 Å². The molecule has 5 aromatic rings. The predicted molar refractivity (Wildman–Crippen MR) is 159 cm³/mol. The van der Waals surface area contributed by atoms with Gasteiger partial charge in [-0.15, -0.1) is 0 Å². The molecule has 8 nitrogen and oxygen atoms in total. The normalized spacial score (nSPS) is 13.2. The van der Waals surface area contributed by atoms with E-state index in [4.69, 9.17) is 9.72 Å². The molecule has 1 aliphatic heterocycles. The number of benzene rings is 3. The molecule has 1 N–H and O–H groups in total. The Kier molecular flexibility index (Phi) is 7.28. The van der Waals surface area contributed by atoms with Gasteiger partial charge in [-0.2, -0.15) is 0 Å². The fourth-order valence-corrected chi connectivity index (χ4v) is 5.05. The smallest absolute Gasteiger partial charge is 0.257 e. The Morgan fingerprint density at radius 3 is 2.12 bits per heavy atom. The molecule has 8 heteroatoms. The monoisotopic (exact) mass is 543 g/mol. The fourth-order valence-electron chi connectivity index (χ4n) is 5.05. The number of rotatable bonds is 6. The lowest BCUT2D eigenvalue weighted by Gasteiger charge is -2.35. The van der Waals surface area contributed by atoms with Crippen molar-refractivity contribution >= 4 is 34.2 Å². The first-order valence-corrected chi connectivity index (χ1v) is 13.5. The molecule has 0 atom stereocenters. The van der Waals surface area contributed by atoms with E-state index >= 15 is 0 Å². The van der Waals surface area contributed by atoms with Crippen LogP contribution in [0.5, 0.6) is 5.75 Å². The van der Waals surface area contributed by atoms with E-state index in [1.54, 1.807) is 30.3 Å². The van der Waals surface area contributed by atoms with Gasteiger partial charge in [-0.25, -0.2) is 9.97 Å². The van der Waals surface area contributed by atoms with E-state index in [2.05, 4.69) is 10.3 Å². The average molecular weight is 544 g/mol. The van der Waals surface area contributed by atoms with E-state index in [1.165, 1.54) is 0 Å². The minimum Gasteiger partial charge on any atom is -0.497 e. The zero-order valence-corrected chi connectivity index (χ0v) is 22.7. The standard InChI is InChI=1S/C33H29N5O3/c1-41-25-15-13-24(14-16-25)35-31-27(11-7-17-34-31)32(39)37-18-20-38(21-19-37)33(40)28-22-30(23-8-3-2-4-9-23)36-29-12-6-5-10-26(28)29/h2-17,22H,18-21H2,1H3,(H,34,35). The third kappa shape index (κ3) is 5.45. The molecule has 0 aliphatic carbocycles. The first-order valence-electron chi connectivity index (χ1n) is 13.5. The van der Waals surface area contributed by atoms with E-state index in [1.807, 2.05) is 89.8 Å². The van der Waals surface area contributed by atoms with Crippen LogP contribution in [0.25, 0.3) is 22.2 Å². The van der Waals surface area contributed by atoms with E-state index in [0.717, 1.165) is 33.6 Å². The van der Waals surface area contributed by atoms with E-state index in [-0.39, 0.29) is 11.8 Å². The van der Waals surface area contributed by atoms with Gasteiger partial charge in [-0.05, 0) is 48.5 Å². The number of amides is 2. The second kappa shape index (κ2) is 11.5. The number of carbonyl (C=O) groups excluding carboxylic acids is 2. The molecular formula is C33H29N5O3. The van der Waals surface area contributed by atoms with Gasteiger partial charge in [0.1, 0.15) is 11.6 Å². The summed E-state index contributed by atoms with van der Waals surface area (Å²) in [6, 6.07) is 30.4. The van der Waals surface area contributed by atoms with Crippen LogP contribution < -0.4 is 10.1 Å². The van der Waals surface area contributed by atoms with E-state index in [9.17, 15) is 9.59 Å². The quantitative estimate of drug-likeness (QED) is 0.298. The predicted octanol–water partition coefficient (Wildman–Crippen LogP) is 5.65. The first-order chi connectivity index (χ1) is 20.1. The molecule has 2 amide bonds. The Labute approximate surface area is 238 Å². The molecular weight excluding hydrogens is 514 g/mol. The Bertz CT molecular complexity index is 1700. The number of piperazine rings is 1. The molecule has 1 saturated heterocycles. The van der Waals surface area contributed by atoms with Crippen molar-refractivity contribution < 1.29 is 14.3 Å². The number of ether oxygens (including phenoxy) is 1. The molecule has 0 spiro atoms. The zero-order chi connectivity index (χ0) is 28.2. The molecule has 1 fully saturated rings. The third-order valence-electron chi connectivity index (χ3n) is 7.26. The lowest BCUT2D eigenvalue weighted by molar-refractivity contribution is 0.0537. The van der Waals surface area contributed by atoms with Crippen LogP contribution in [0.3, 0.4) is 0 Å². The van der Waals surface area contributed by atoms with Crippen LogP contribution in [-0.4, -0.2) is 64.9 Å². The molecule has 3 aromatic carbocycles. The number of hydrogen-bond donors (Lipinski definition) is 1. The number of nitrogens with one attached hydrogen (secondary N) is 1. The molecule has 0 bridgehead atoms.